The number of aliphatic hydroxyl groups excluding tert-OH is 1. The first-order valence-corrected chi connectivity index (χ1v) is 8.32. The smallest absolute Gasteiger partial charge is 0.134 e. The van der Waals surface area contributed by atoms with Gasteiger partial charge in [0, 0.05) is 23.5 Å². The number of rotatable bonds is 6. The molecule has 3 rings (SSSR count). The molecule has 0 spiro atoms. The average Bonchev–Trinajstić information content (AvgIpc) is 3.13. The molecule has 1 aromatic heterocycles. The second-order valence-electron chi connectivity index (χ2n) is 6.12. The molecule has 5 heteroatoms. The summed E-state index contributed by atoms with van der Waals surface area (Å²) >= 11 is 6.00. The van der Waals surface area contributed by atoms with Gasteiger partial charge in [0.1, 0.15) is 11.3 Å². The Kier molecular flexibility index (Phi) is 5.03. The molecule has 2 atom stereocenters. The third kappa shape index (κ3) is 3.82. The Balaban J connectivity index is 1.54. The average molecular weight is 323 g/mol. The van der Waals surface area contributed by atoms with Crippen LogP contribution in [0.15, 0.2) is 28.7 Å². The second-order valence-corrected chi connectivity index (χ2v) is 6.56. The molecule has 2 unspecified atom stereocenters. The lowest BCUT2D eigenvalue weighted by Gasteiger charge is -2.21. The number of nitrogens with one attached hydrogen (secondary N) is 1. The van der Waals surface area contributed by atoms with E-state index in [1.807, 2.05) is 31.2 Å². The van der Waals surface area contributed by atoms with E-state index in [0.717, 1.165) is 36.4 Å². The van der Waals surface area contributed by atoms with Gasteiger partial charge in [0.05, 0.1) is 12.1 Å². The summed E-state index contributed by atoms with van der Waals surface area (Å²) in [4.78, 5) is 2.32. The molecule has 120 valence electrons. The maximum Gasteiger partial charge on any atom is 0.134 e. The number of β-amino-alcohol motifs (C(OH)–C–C–N with tert-alkyl or cyclic N) is 1. The summed E-state index contributed by atoms with van der Waals surface area (Å²) < 4.78 is 5.84. The number of halogens is 1. The fourth-order valence-electron chi connectivity index (χ4n) is 2.99. The van der Waals surface area contributed by atoms with Crippen LogP contribution in [0.2, 0.25) is 5.02 Å². The number of benzene rings is 1. The largest absolute Gasteiger partial charge is 0.459 e. The molecule has 0 radical (unpaired) electrons. The summed E-state index contributed by atoms with van der Waals surface area (Å²) in [5, 5.41) is 15.2. The van der Waals surface area contributed by atoms with Gasteiger partial charge in [0.15, 0.2) is 0 Å². The van der Waals surface area contributed by atoms with E-state index in [1.165, 1.54) is 12.8 Å². The monoisotopic (exact) mass is 322 g/mol. The number of likely N-dealkylation sites (tertiary alicyclic amines) is 1. The zero-order valence-corrected chi connectivity index (χ0v) is 13.6. The lowest BCUT2D eigenvalue weighted by atomic mass is 10.2. The first-order chi connectivity index (χ1) is 10.6. The first kappa shape index (κ1) is 15.8. The van der Waals surface area contributed by atoms with Crippen LogP contribution in [0.4, 0.5) is 0 Å². The Bertz CT molecular complexity index is 622. The van der Waals surface area contributed by atoms with E-state index in [0.29, 0.717) is 11.6 Å². The molecule has 0 amide bonds. The van der Waals surface area contributed by atoms with Crippen molar-refractivity contribution in [3.8, 4) is 0 Å². The lowest BCUT2D eigenvalue weighted by molar-refractivity contribution is 0.120. The Labute approximate surface area is 136 Å². The molecule has 2 N–H and O–H groups in total. The summed E-state index contributed by atoms with van der Waals surface area (Å²) in [6.45, 7) is 5.57. The van der Waals surface area contributed by atoms with E-state index in [9.17, 15) is 5.11 Å². The highest BCUT2D eigenvalue weighted by Gasteiger charge is 2.17. The molecule has 4 nitrogen and oxygen atoms in total. The van der Waals surface area contributed by atoms with Crippen molar-refractivity contribution in [3.63, 3.8) is 0 Å². The molecule has 1 aromatic carbocycles. The minimum atomic E-state index is -0.348. The van der Waals surface area contributed by atoms with Gasteiger partial charge >= 0.3 is 0 Å². The van der Waals surface area contributed by atoms with Gasteiger partial charge in [0.25, 0.3) is 0 Å². The first-order valence-electron chi connectivity index (χ1n) is 7.94. The zero-order valence-electron chi connectivity index (χ0n) is 12.9. The Morgan fingerprint density at radius 1 is 1.32 bits per heavy atom. The van der Waals surface area contributed by atoms with E-state index < -0.39 is 0 Å². The molecule has 22 heavy (non-hydrogen) atoms. The van der Waals surface area contributed by atoms with Crippen molar-refractivity contribution in [1.82, 2.24) is 10.2 Å². The molecule has 2 heterocycles. The van der Waals surface area contributed by atoms with Crippen LogP contribution in [0.5, 0.6) is 0 Å². The van der Waals surface area contributed by atoms with Crippen molar-refractivity contribution in [3.05, 3.63) is 35.0 Å². The molecule has 1 saturated heterocycles. The minimum Gasteiger partial charge on any atom is -0.459 e. The number of furan rings is 1. The van der Waals surface area contributed by atoms with Crippen molar-refractivity contribution >= 4 is 22.6 Å². The predicted molar refractivity (Wildman–Crippen MR) is 89.3 cm³/mol. The van der Waals surface area contributed by atoms with Gasteiger partial charge in [-0.15, -0.1) is 0 Å². The van der Waals surface area contributed by atoms with Gasteiger partial charge in [0.2, 0.25) is 0 Å². The summed E-state index contributed by atoms with van der Waals surface area (Å²) in [6.07, 6.45) is 2.15. The van der Waals surface area contributed by atoms with Crippen molar-refractivity contribution in [1.29, 1.82) is 0 Å². The minimum absolute atomic E-state index is 0.0550. The maximum absolute atomic E-state index is 10.1. The third-order valence-corrected chi connectivity index (χ3v) is 4.49. The number of fused-ring (bicyclic) bond motifs is 1. The molecule has 1 fully saturated rings. The topological polar surface area (TPSA) is 48.6 Å². The summed E-state index contributed by atoms with van der Waals surface area (Å²) in [7, 11) is 0. The van der Waals surface area contributed by atoms with Crippen LogP contribution in [-0.2, 0) is 0 Å². The molecular weight excluding hydrogens is 300 g/mol. The third-order valence-electron chi connectivity index (χ3n) is 4.25. The fourth-order valence-corrected chi connectivity index (χ4v) is 3.17. The predicted octanol–water partition coefficient (Wildman–Crippen LogP) is 3.19. The SMILES string of the molecule is CC(NCC(O)CN1CCCC1)c1cc2cc(Cl)ccc2o1. The lowest BCUT2D eigenvalue weighted by Crippen LogP contribution is -2.37. The highest BCUT2D eigenvalue weighted by molar-refractivity contribution is 6.31. The van der Waals surface area contributed by atoms with Crippen LogP contribution >= 0.6 is 11.6 Å². The van der Waals surface area contributed by atoms with Crippen LogP contribution < -0.4 is 5.32 Å². The summed E-state index contributed by atoms with van der Waals surface area (Å²) in [6, 6.07) is 7.68. The second kappa shape index (κ2) is 7.01. The van der Waals surface area contributed by atoms with Crippen LogP contribution in [-0.4, -0.2) is 42.3 Å². The Hall–Kier alpha value is -1.07. The number of hydrogen-bond donors (Lipinski definition) is 2. The van der Waals surface area contributed by atoms with Crippen molar-refractivity contribution in [2.45, 2.75) is 31.9 Å². The standard InChI is InChI=1S/C17H23ClN2O2/c1-12(19-10-15(21)11-20-6-2-3-7-20)17-9-13-8-14(18)4-5-16(13)22-17/h4-5,8-9,12,15,19,21H,2-3,6-7,10-11H2,1H3. The summed E-state index contributed by atoms with van der Waals surface area (Å²) in [5.41, 5.74) is 0.839. The molecule has 0 bridgehead atoms. The van der Waals surface area contributed by atoms with Crippen molar-refractivity contribution in [2.75, 3.05) is 26.2 Å². The zero-order chi connectivity index (χ0) is 15.5. The molecule has 0 aliphatic carbocycles. The Morgan fingerprint density at radius 3 is 2.86 bits per heavy atom. The quantitative estimate of drug-likeness (QED) is 0.857. The van der Waals surface area contributed by atoms with Gasteiger partial charge in [-0.3, -0.25) is 0 Å². The highest BCUT2D eigenvalue weighted by Crippen LogP contribution is 2.26. The van der Waals surface area contributed by atoms with Gasteiger partial charge in [-0.25, -0.2) is 0 Å². The van der Waals surface area contributed by atoms with Gasteiger partial charge in [-0.2, -0.15) is 0 Å². The summed E-state index contributed by atoms with van der Waals surface area (Å²) in [5.74, 6) is 0.866. The fraction of sp³-hybridized carbons (Fsp3) is 0.529. The maximum atomic E-state index is 10.1. The van der Waals surface area contributed by atoms with Crippen LogP contribution in [0.25, 0.3) is 11.0 Å². The Morgan fingerprint density at radius 2 is 2.09 bits per heavy atom. The van der Waals surface area contributed by atoms with E-state index in [4.69, 9.17) is 16.0 Å². The molecular formula is C17H23ClN2O2. The normalized spacial score (nSPS) is 18.9. The van der Waals surface area contributed by atoms with Gasteiger partial charge in [-0.05, 0) is 57.1 Å². The van der Waals surface area contributed by atoms with Crippen molar-refractivity contribution in [2.24, 2.45) is 0 Å². The van der Waals surface area contributed by atoms with E-state index in [1.54, 1.807) is 0 Å². The van der Waals surface area contributed by atoms with Crippen molar-refractivity contribution < 1.29 is 9.52 Å². The van der Waals surface area contributed by atoms with Crippen LogP contribution in [0.1, 0.15) is 31.6 Å². The van der Waals surface area contributed by atoms with Gasteiger partial charge in [-0.1, -0.05) is 11.6 Å². The molecule has 0 saturated carbocycles. The number of aliphatic hydroxyl groups is 1. The van der Waals surface area contributed by atoms with Crippen LogP contribution in [0, 0.1) is 0 Å². The van der Waals surface area contributed by atoms with E-state index in [-0.39, 0.29) is 12.1 Å². The molecule has 1 aliphatic heterocycles. The molecule has 2 aromatic rings. The number of nitrogens with zero attached hydrogens (tertiary/aromatic N) is 1. The van der Waals surface area contributed by atoms with Crippen LogP contribution in [0.3, 0.4) is 0 Å². The molecule has 1 aliphatic rings. The number of hydrogen-bond acceptors (Lipinski definition) is 4. The van der Waals surface area contributed by atoms with E-state index in [2.05, 4.69) is 10.2 Å². The van der Waals surface area contributed by atoms with Gasteiger partial charge < -0.3 is 19.7 Å². The highest BCUT2D eigenvalue weighted by atomic mass is 35.5. The van der Waals surface area contributed by atoms with E-state index >= 15 is 0 Å².